The molecular formula is C7H9BrN2O. The average Bonchev–Trinajstić information content (AvgIpc) is 2.29. The molecule has 0 saturated heterocycles. The molecule has 1 heterocycles. The van der Waals surface area contributed by atoms with E-state index in [-0.39, 0.29) is 0 Å². The molecular weight excluding hydrogens is 208 g/mol. The monoisotopic (exact) mass is 216 g/mol. The minimum absolute atomic E-state index is 0.554. The standard InChI is InChI=1S/C7H9BrN2O/c1-10-7(3-2-4-11)6(8)5-9-10/h4-5H,2-3H2,1H3. The number of rotatable bonds is 3. The number of aryl methyl sites for hydroxylation is 1. The van der Waals surface area contributed by atoms with E-state index in [1.807, 2.05) is 7.05 Å². The third-order valence-corrected chi connectivity index (χ3v) is 2.17. The first-order chi connectivity index (χ1) is 5.25. The van der Waals surface area contributed by atoms with Crippen LogP contribution in [-0.4, -0.2) is 16.1 Å². The number of carbonyl (C=O) groups is 1. The molecule has 0 aliphatic carbocycles. The van der Waals surface area contributed by atoms with Gasteiger partial charge in [-0.05, 0) is 22.4 Å². The quantitative estimate of drug-likeness (QED) is 0.715. The van der Waals surface area contributed by atoms with Gasteiger partial charge in [0.2, 0.25) is 0 Å². The van der Waals surface area contributed by atoms with Crippen LogP contribution in [0.25, 0.3) is 0 Å². The summed E-state index contributed by atoms with van der Waals surface area (Å²) in [7, 11) is 1.87. The molecule has 0 aliphatic heterocycles. The number of aldehydes is 1. The van der Waals surface area contributed by atoms with Crippen LogP contribution < -0.4 is 0 Å². The molecule has 0 fully saturated rings. The van der Waals surface area contributed by atoms with Crippen molar-refractivity contribution in [1.29, 1.82) is 0 Å². The molecule has 0 amide bonds. The lowest BCUT2D eigenvalue weighted by molar-refractivity contribution is -0.107. The summed E-state index contributed by atoms with van der Waals surface area (Å²) in [4.78, 5) is 10.1. The lowest BCUT2D eigenvalue weighted by Crippen LogP contribution is -1.98. The van der Waals surface area contributed by atoms with Crippen LogP contribution in [0.15, 0.2) is 10.7 Å². The average molecular weight is 217 g/mol. The highest BCUT2D eigenvalue weighted by atomic mass is 79.9. The van der Waals surface area contributed by atoms with Crippen LogP contribution in [0.2, 0.25) is 0 Å². The van der Waals surface area contributed by atoms with E-state index in [9.17, 15) is 4.79 Å². The Labute approximate surface area is 73.5 Å². The number of nitrogens with zero attached hydrogens (tertiary/aromatic N) is 2. The van der Waals surface area contributed by atoms with Gasteiger partial charge in [0, 0.05) is 13.5 Å². The Balaban J connectivity index is 2.74. The van der Waals surface area contributed by atoms with E-state index in [1.54, 1.807) is 10.9 Å². The maximum absolute atomic E-state index is 10.1. The Morgan fingerprint density at radius 3 is 3.00 bits per heavy atom. The topological polar surface area (TPSA) is 34.9 Å². The van der Waals surface area contributed by atoms with Crippen LogP contribution >= 0.6 is 15.9 Å². The largest absolute Gasteiger partial charge is 0.303 e. The van der Waals surface area contributed by atoms with Crippen molar-refractivity contribution in [3.8, 4) is 0 Å². The first-order valence-electron chi connectivity index (χ1n) is 3.35. The number of aromatic nitrogens is 2. The van der Waals surface area contributed by atoms with E-state index in [2.05, 4.69) is 21.0 Å². The highest BCUT2D eigenvalue weighted by molar-refractivity contribution is 9.10. The first kappa shape index (κ1) is 8.46. The van der Waals surface area contributed by atoms with Gasteiger partial charge < -0.3 is 4.79 Å². The fourth-order valence-corrected chi connectivity index (χ4v) is 1.46. The van der Waals surface area contributed by atoms with Crippen LogP contribution in [0, 0.1) is 0 Å². The van der Waals surface area contributed by atoms with Crippen molar-refractivity contribution in [2.45, 2.75) is 12.8 Å². The van der Waals surface area contributed by atoms with Crippen molar-refractivity contribution < 1.29 is 4.79 Å². The lowest BCUT2D eigenvalue weighted by Gasteiger charge is -1.98. The van der Waals surface area contributed by atoms with Crippen LogP contribution in [0.3, 0.4) is 0 Å². The molecule has 0 saturated carbocycles. The maximum atomic E-state index is 10.1. The predicted molar refractivity (Wildman–Crippen MR) is 45.3 cm³/mol. The Morgan fingerprint density at radius 1 is 1.82 bits per heavy atom. The number of hydrogen-bond acceptors (Lipinski definition) is 2. The normalized spacial score (nSPS) is 10.0. The molecule has 0 spiro atoms. The van der Waals surface area contributed by atoms with Gasteiger partial charge in [0.05, 0.1) is 16.4 Å². The third-order valence-electron chi connectivity index (χ3n) is 1.51. The molecule has 1 rings (SSSR count). The van der Waals surface area contributed by atoms with Crippen molar-refractivity contribution in [2.75, 3.05) is 0 Å². The summed E-state index contributed by atoms with van der Waals surface area (Å²) >= 11 is 3.35. The summed E-state index contributed by atoms with van der Waals surface area (Å²) in [6, 6.07) is 0. The maximum Gasteiger partial charge on any atom is 0.120 e. The molecule has 0 aromatic carbocycles. The van der Waals surface area contributed by atoms with Gasteiger partial charge in [0.1, 0.15) is 6.29 Å². The zero-order chi connectivity index (χ0) is 8.27. The summed E-state index contributed by atoms with van der Waals surface area (Å²) in [6.07, 6.45) is 3.96. The van der Waals surface area contributed by atoms with Crippen molar-refractivity contribution in [2.24, 2.45) is 7.05 Å². The SMILES string of the molecule is Cn1ncc(Br)c1CCC=O. The molecule has 0 radical (unpaired) electrons. The van der Waals surface area contributed by atoms with E-state index in [1.165, 1.54) is 0 Å². The zero-order valence-corrected chi connectivity index (χ0v) is 7.84. The first-order valence-corrected chi connectivity index (χ1v) is 4.15. The van der Waals surface area contributed by atoms with E-state index < -0.39 is 0 Å². The van der Waals surface area contributed by atoms with Gasteiger partial charge >= 0.3 is 0 Å². The summed E-state index contributed by atoms with van der Waals surface area (Å²) in [5.41, 5.74) is 1.07. The number of carbonyl (C=O) groups excluding carboxylic acids is 1. The van der Waals surface area contributed by atoms with Gasteiger partial charge in [0.25, 0.3) is 0 Å². The van der Waals surface area contributed by atoms with Gasteiger partial charge in [0.15, 0.2) is 0 Å². The summed E-state index contributed by atoms with van der Waals surface area (Å²) in [5.74, 6) is 0. The Kier molecular flexibility index (Phi) is 2.82. The van der Waals surface area contributed by atoms with Crippen molar-refractivity contribution in [3.63, 3.8) is 0 Å². The molecule has 0 N–H and O–H groups in total. The smallest absolute Gasteiger partial charge is 0.120 e. The Morgan fingerprint density at radius 2 is 2.55 bits per heavy atom. The third kappa shape index (κ3) is 1.89. The van der Waals surface area contributed by atoms with E-state index >= 15 is 0 Å². The molecule has 1 aromatic rings. The number of hydrogen-bond donors (Lipinski definition) is 0. The van der Waals surface area contributed by atoms with Gasteiger partial charge in [-0.15, -0.1) is 0 Å². The zero-order valence-electron chi connectivity index (χ0n) is 6.25. The van der Waals surface area contributed by atoms with Crippen molar-refractivity contribution in [3.05, 3.63) is 16.4 Å². The van der Waals surface area contributed by atoms with Gasteiger partial charge in [-0.1, -0.05) is 0 Å². The lowest BCUT2D eigenvalue weighted by atomic mass is 10.2. The Hall–Kier alpha value is -0.640. The molecule has 11 heavy (non-hydrogen) atoms. The van der Waals surface area contributed by atoms with Gasteiger partial charge in [-0.3, -0.25) is 4.68 Å². The van der Waals surface area contributed by atoms with Crippen molar-refractivity contribution >= 4 is 22.2 Å². The van der Waals surface area contributed by atoms with Gasteiger partial charge in [-0.25, -0.2) is 0 Å². The van der Waals surface area contributed by atoms with Gasteiger partial charge in [-0.2, -0.15) is 5.10 Å². The summed E-state index contributed by atoms with van der Waals surface area (Å²) in [6.45, 7) is 0. The molecule has 0 bridgehead atoms. The summed E-state index contributed by atoms with van der Waals surface area (Å²) < 4.78 is 2.75. The van der Waals surface area contributed by atoms with Crippen LogP contribution in [-0.2, 0) is 18.3 Å². The minimum Gasteiger partial charge on any atom is -0.303 e. The molecule has 1 aromatic heterocycles. The molecule has 60 valence electrons. The number of halogens is 1. The fraction of sp³-hybridized carbons (Fsp3) is 0.429. The molecule has 3 nitrogen and oxygen atoms in total. The predicted octanol–water partition coefficient (Wildman–Crippen LogP) is 1.31. The van der Waals surface area contributed by atoms with E-state index in [0.717, 1.165) is 22.9 Å². The summed E-state index contributed by atoms with van der Waals surface area (Å²) in [5, 5.41) is 4.02. The van der Waals surface area contributed by atoms with Crippen LogP contribution in [0.1, 0.15) is 12.1 Å². The second-order valence-electron chi connectivity index (χ2n) is 2.27. The van der Waals surface area contributed by atoms with E-state index in [0.29, 0.717) is 6.42 Å². The minimum atomic E-state index is 0.554. The molecule has 0 aliphatic rings. The van der Waals surface area contributed by atoms with Crippen molar-refractivity contribution in [1.82, 2.24) is 9.78 Å². The molecule has 4 heteroatoms. The molecule has 0 unspecified atom stereocenters. The Bertz CT molecular complexity index is 237. The van der Waals surface area contributed by atoms with Crippen LogP contribution in [0.5, 0.6) is 0 Å². The highest BCUT2D eigenvalue weighted by Crippen LogP contribution is 2.15. The highest BCUT2D eigenvalue weighted by Gasteiger charge is 2.03. The van der Waals surface area contributed by atoms with E-state index in [4.69, 9.17) is 0 Å². The molecule has 0 atom stereocenters. The second kappa shape index (κ2) is 3.67. The fourth-order valence-electron chi connectivity index (χ4n) is 0.913. The second-order valence-corrected chi connectivity index (χ2v) is 3.12. The van der Waals surface area contributed by atoms with Crippen LogP contribution in [0.4, 0.5) is 0 Å².